The zero-order valence-electron chi connectivity index (χ0n) is 17.9. The van der Waals surface area contributed by atoms with Gasteiger partial charge in [-0.25, -0.2) is 18.7 Å². The minimum atomic E-state index is -3.72. The molecule has 0 saturated heterocycles. The number of rotatable bonds is 5. The van der Waals surface area contributed by atoms with Crippen LogP contribution in [-0.2, 0) is 16.6 Å². The molecule has 33 heavy (non-hydrogen) atoms. The van der Waals surface area contributed by atoms with Gasteiger partial charge in [-0.15, -0.1) is 4.36 Å². The fraction of sp³-hybridized carbons (Fsp3) is 0.0800. The molecule has 0 radical (unpaired) electrons. The lowest BCUT2D eigenvalue weighted by molar-refractivity contribution is -0.687. The third kappa shape index (κ3) is 4.52. The van der Waals surface area contributed by atoms with Gasteiger partial charge in [0.15, 0.2) is 10.0 Å². The summed E-state index contributed by atoms with van der Waals surface area (Å²) in [6.07, 6.45) is 5.63. The average molecular weight is 457 g/mol. The van der Waals surface area contributed by atoms with Crippen LogP contribution in [0.3, 0.4) is 0 Å². The Labute approximate surface area is 192 Å². The molecule has 5 rings (SSSR count). The molecule has 1 N–H and O–H groups in total. The first-order valence-corrected chi connectivity index (χ1v) is 11.9. The summed E-state index contributed by atoms with van der Waals surface area (Å²) in [5.41, 5.74) is 3.43. The van der Waals surface area contributed by atoms with E-state index in [0.29, 0.717) is 23.4 Å². The fourth-order valence-corrected chi connectivity index (χ4v) is 4.46. The molecule has 5 aromatic rings. The quantitative estimate of drug-likeness (QED) is 0.389. The third-order valence-electron chi connectivity index (χ3n) is 5.22. The minimum Gasteiger partial charge on any atom is -0.296 e. The van der Waals surface area contributed by atoms with Gasteiger partial charge < -0.3 is 0 Å². The largest absolute Gasteiger partial charge is 0.296 e. The van der Waals surface area contributed by atoms with Crippen molar-refractivity contribution < 1.29 is 13.3 Å². The van der Waals surface area contributed by atoms with E-state index < -0.39 is 10.0 Å². The van der Waals surface area contributed by atoms with E-state index >= 15 is 0 Å². The summed E-state index contributed by atoms with van der Waals surface area (Å²) < 4.78 is 31.9. The van der Waals surface area contributed by atoms with Crippen molar-refractivity contribution in [3.05, 3.63) is 109 Å². The maximum Gasteiger partial charge on any atom is 0.272 e. The zero-order chi connectivity index (χ0) is 22.8. The Bertz CT molecular complexity index is 1550. The Balaban J connectivity index is 1.62. The molecule has 1 atom stereocenters. The van der Waals surface area contributed by atoms with Crippen LogP contribution in [0.4, 0.5) is 5.82 Å². The third-order valence-corrected chi connectivity index (χ3v) is 6.52. The number of aromatic nitrogens is 4. The van der Waals surface area contributed by atoms with Crippen molar-refractivity contribution in [2.24, 2.45) is 4.36 Å². The van der Waals surface area contributed by atoms with Crippen LogP contribution in [0.5, 0.6) is 0 Å². The van der Waals surface area contributed by atoms with Crippen molar-refractivity contribution in [1.82, 2.24) is 14.5 Å². The Hall–Kier alpha value is -3.88. The molecule has 2 heterocycles. The lowest BCUT2D eigenvalue weighted by Gasteiger charge is -2.06. The van der Waals surface area contributed by atoms with E-state index in [-0.39, 0.29) is 10.7 Å². The van der Waals surface area contributed by atoms with Gasteiger partial charge in [-0.2, -0.15) is 4.57 Å². The molecule has 0 fully saturated rings. The van der Waals surface area contributed by atoms with E-state index in [1.807, 2.05) is 66.6 Å². The van der Waals surface area contributed by atoms with Crippen LogP contribution in [0.2, 0.25) is 0 Å². The maximum atomic E-state index is 13.1. The fourth-order valence-electron chi connectivity index (χ4n) is 3.51. The number of aryl methyl sites for hydroxylation is 1. The van der Waals surface area contributed by atoms with E-state index in [1.54, 1.807) is 34.9 Å². The van der Waals surface area contributed by atoms with Crippen LogP contribution in [0, 0.1) is 6.92 Å². The molecule has 0 bridgehead atoms. The van der Waals surface area contributed by atoms with Crippen molar-refractivity contribution in [2.75, 3.05) is 0 Å². The van der Waals surface area contributed by atoms with Gasteiger partial charge in [0.05, 0.1) is 15.9 Å². The smallest absolute Gasteiger partial charge is 0.272 e. The first kappa shape index (κ1) is 21.0. The van der Waals surface area contributed by atoms with Crippen LogP contribution < -0.4 is 4.57 Å². The van der Waals surface area contributed by atoms with E-state index in [4.69, 9.17) is 4.98 Å². The molecule has 0 aliphatic carbocycles. The number of hydrogen-bond donors (Lipinski definition) is 1. The summed E-state index contributed by atoms with van der Waals surface area (Å²) in [6, 6.07) is 24.3. The second-order valence-corrected chi connectivity index (χ2v) is 9.39. The van der Waals surface area contributed by atoms with Gasteiger partial charge in [0.2, 0.25) is 5.82 Å². The molecule has 0 aliphatic rings. The predicted molar refractivity (Wildman–Crippen MR) is 127 cm³/mol. The Morgan fingerprint density at radius 2 is 1.61 bits per heavy atom. The second kappa shape index (κ2) is 8.57. The lowest BCUT2D eigenvalue weighted by Crippen LogP contribution is -2.31. The van der Waals surface area contributed by atoms with E-state index in [2.05, 4.69) is 21.5 Å². The van der Waals surface area contributed by atoms with Crippen molar-refractivity contribution in [1.29, 1.82) is 0 Å². The highest BCUT2D eigenvalue weighted by molar-refractivity contribution is 7.88. The normalized spacial score (nSPS) is 13.0. The highest BCUT2D eigenvalue weighted by Crippen LogP contribution is 2.26. The van der Waals surface area contributed by atoms with E-state index in [1.165, 1.54) is 0 Å². The van der Waals surface area contributed by atoms with Crippen molar-refractivity contribution in [3.8, 4) is 5.82 Å². The Morgan fingerprint density at radius 3 is 2.33 bits per heavy atom. The van der Waals surface area contributed by atoms with E-state index in [9.17, 15) is 8.76 Å². The van der Waals surface area contributed by atoms with Gasteiger partial charge in [-0.3, -0.25) is 4.55 Å². The van der Waals surface area contributed by atoms with E-state index in [0.717, 1.165) is 11.1 Å². The van der Waals surface area contributed by atoms with Gasteiger partial charge in [0.1, 0.15) is 18.9 Å². The molecule has 0 aliphatic heterocycles. The van der Waals surface area contributed by atoms with Crippen LogP contribution in [0.1, 0.15) is 11.1 Å². The molecule has 2 aromatic heterocycles. The maximum absolute atomic E-state index is 13.1. The summed E-state index contributed by atoms with van der Waals surface area (Å²) >= 11 is 0. The zero-order valence-corrected chi connectivity index (χ0v) is 18.8. The van der Waals surface area contributed by atoms with Gasteiger partial charge >= 0.3 is 0 Å². The summed E-state index contributed by atoms with van der Waals surface area (Å²) in [6.45, 7) is 2.60. The van der Waals surface area contributed by atoms with Crippen molar-refractivity contribution in [2.45, 2.75) is 18.4 Å². The number of nitrogens with zero attached hydrogens (tertiary/aromatic N) is 5. The Kier molecular flexibility index (Phi) is 5.45. The predicted octanol–water partition coefficient (Wildman–Crippen LogP) is 4.70. The first-order valence-electron chi connectivity index (χ1n) is 10.4. The molecule has 0 saturated carbocycles. The molecular weight excluding hydrogens is 434 g/mol. The van der Waals surface area contributed by atoms with Crippen molar-refractivity contribution >= 4 is 26.9 Å². The topological polar surface area (TPSA) is 84.2 Å². The summed E-state index contributed by atoms with van der Waals surface area (Å²) in [4.78, 5) is 9.51. The van der Waals surface area contributed by atoms with Crippen LogP contribution in [0.15, 0.2) is 107 Å². The molecule has 0 spiro atoms. The van der Waals surface area contributed by atoms with Crippen molar-refractivity contribution in [3.63, 3.8) is 0 Å². The molecular formula is C25H22N5O2S+. The monoisotopic (exact) mass is 456 g/mol. The molecule has 0 amide bonds. The summed E-state index contributed by atoms with van der Waals surface area (Å²) in [7, 11) is -3.72. The van der Waals surface area contributed by atoms with Gasteiger partial charge in [-0.1, -0.05) is 60.2 Å². The molecule has 8 heteroatoms. The highest BCUT2D eigenvalue weighted by Gasteiger charge is 2.19. The van der Waals surface area contributed by atoms with Crippen LogP contribution in [0.25, 0.3) is 16.9 Å². The van der Waals surface area contributed by atoms with Gasteiger partial charge in [0, 0.05) is 0 Å². The number of benzene rings is 3. The summed E-state index contributed by atoms with van der Waals surface area (Å²) in [5.74, 6) is 0.485. The Morgan fingerprint density at radius 1 is 0.939 bits per heavy atom. The standard InChI is InChI=1S/C25H21N5O2S/c1-19-11-13-21(14-12-19)33(31,32)28-24-25(27-23-10-6-5-9-22(23)26-24)30-16-15-29(18-30)17-20-7-3-2-4-8-20/h2-16,18H,17H2,1H3/p+1. The molecule has 7 nitrogen and oxygen atoms in total. The average Bonchev–Trinajstić information content (AvgIpc) is 3.27. The molecule has 1 unspecified atom stereocenters. The highest BCUT2D eigenvalue weighted by atomic mass is 32.2. The van der Waals surface area contributed by atoms with Crippen LogP contribution in [-0.4, -0.2) is 23.3 Å². The molecule has 164 valence electrons. The second-order valence-electron chi connectivity index (χ2n) is 7.74. The van der Waals surface area contributed by atoms with Crippen LogP contribution >= 0.6 is 0 Å². The molecule has 3 aromatic carbocycles. The van der Waals surface area contributed by atoms with Gasteiger partial charge in [0.25, 0.3) is 12.1 Å². The number of para-hydroxylation sites is 2. The summed E-state index contributed by atoms with van der Waals surface area (Å²) in [5, 5.41) is 0. The van der Waals surface area contributed by atoms with Gasteiger partial charge in [-0.05, 0) is 36.8 Å². The SMILES string of the molecule is Cc1ccc(S(=O)(O)=Nc2nc3ccccc3nc2-n2cc[n+](Cc3ccccc3)c2)cc1. The number of imidazole rings is 1. The minimum absolute atomic E-state index is 0.101. The first-order chi connectivity index (χ1) is 16.0. The lowest BCUT2D eigenvalue weighted by atomic mass is 10.2. The number of fused-ring (bicyclic) bond motifs is 1. The number of hydrogen-bond acceptors (Lipinski definition) is 4.